The predicted molar refractivity (Wildman–Crippen MR) is 62.6 cm³/mol. The molecule has 0 spiro atoms. The van der Waals surface area contributed by atoms with Crippen molar-refractivity contribution in [2.75, 3.05) is 26.9 Å². The maximum atomic E-state index is 13.9. The molecule has 0 amide bonds. The van der Waals surface area contributed by atoms with Crippen LogP contribution >= 0.6 is 0 Å². The van der Waals surface area contributed by atoms with Gasteiger partial charge >= 0.3 is 0 Å². The van der Waals surface area contributed by atoms with Gasteiger partial charge in [0, 0.05) is 12.5 Å². The van der Waals surface area contributed by atoms with Gasteiger partial charge in [0.2, 0.25) is 0 Å². The Morgan fingerprint density at radius 3 is 2.89 bits per heavy atom. The quantitative estimate of drug-likeness (QED) is 0.844. The first kappa shape index (κ1) is 12.9. The minimum atomic E-state index is -0.786. The van der Waals surface area contributed by atoms with Crippen LogP contribution in [-0.4, -0.2) is 32.0 Å². The van der Waals surface area contributed by atoms with Crippen molar-refractivity contribution in [2.45, 2.75) is 12.5 Å². The summed E-state index contributed by atoms with van der Waals surface area (Å²) in [7, 11) is 1.34. The Morgan fingerprint density at radius 1 is 1.50 bits per heavy atom. The zero-order valence-corrected chi connectivity index (χ0v) is 10.1. The van der Waals surface area contributed by atoms with E-state index in [1.54, 1.807) is 0 Å². The third kappa shape index (κ3) is 2.21. The molecule has 1 atom stereocenters. The van der Waals surface area contributed by atoms with Crippen LogP contribution in [0.15, 0.2) is 6.07 Å². The lowest BCUT2D eigenvalue weighted by molar-refractivity contribution is 0.254. The Hall–Kier alpha value is -1.53. The molecule has 1 aromatic rings. The fraction of sp³-hybridized carbons (Fsp3) is 0.500. The number of hydrogen-bond acceptors (Lipinski definition) is 5. The first-order valence-electron chi connectivity index (χ1n) is 5.71. The molecule has 18 heavy (non-hydrogen) atoms. The van der Waals surface area contributed by atoms with Gasteiger partial charge in [-0.3, -0.25) is 0 Å². The smallest absolute Gasteiger partial charge is 0.169 e. The van der Waals surface area contributed by atoms with E-state index >= 15 is 0 Å². The number of benzene rings is 1. The summed E-state index contributed by atoms with van der Waals surface area (Å²) in [6.45, 7) is 0.565. The topological polar surface area (TPSA) is 73.9 Å². The van der Waals surface area contributed by atoms with Gasteiger partial charge < -0.3 is 25.1 Å². The van der Waals surface area contributed by atoms with E-state index in [-0.39, 0.29) is 12.4 Å². The molecule has 0 radical (unpaired) electrons. The lowest BCUT2D eigenvalue weighted by atomic mass is 10.0. The second kappa shape index (κ2) is 5.41. The van der Waals surface area contributed by atoms with E-state index in [1.165, 1.54) is 13.2 Å². The maximum absolute atomic E-state index is 13.9. The summed E-state index contributed by atoms with van der Waals surface area (Å²) in [6.07, 6.45) is 0.701. The van der Waals surface area contributed by atoms with Crippen molar-refractivity contribution in [3.63, 3.8) is 0 Å². The number of hydrogen-bond donors (Lipinski definition) is 2. The third-order valence-corrected chi connectivity index (χ3v) is 2.75. The Labute approximate surface area is 104 Å². The van der Waals surface area contributed by atoms with Crippen molar-refractivity contribution in [1.29, 1.82) is 0 Å². The van der Waals surface area contributed by atoms with Crippen LogP contribution in [0.1, 0.15) is 18.0 Å². The van der Waals surface area contributed by atoms with Crippen LogP contribution in [0, 0.1) is 5.82 Å². The van der Waals surface area contributed by atoms with Crippen molar-refractivity contribution >= 4 is 0 Å². The number of aliphatic hydroxyl groups excluding tert-OH is 1. The molecule has 0 saturated carbocycles. The molecule has 1 heterocycles. The molecule has 3 N–H and O–H groups in total. The lowest BCUT2D eigenvalue weighted by Crippen LogP contribution is -2.18. The van der Waals surface area contributed by atoms with Gasteiger partial charge in [-0.2, -0.15) is 0 Å². The van der Waals surface area contributed by atoms with E-state index in [1.807, 2.05) is 0 Å². The SMILES string of the molecule is COc1c(F)cc2c(c1C(N)CO)OCCCO2. The second-order valence-electron chi connectivity index (χ2n) is 3.97. The molecular weight excluding hydrogens is 241 g/mol. The third-order valence-electron chi connectivity index (χ3n) is 2.75. The van der Waals surface area contributed by atoms with Crippen molar-refractivity contribution in [3.8, 4) is 17.2 Å². The second-order valence-corrected chi connectivity index (χ2v) is 3.97. The van der Waals surface area contributed by atoms with E-state index in [2.05, 4.69) is 0 Å². The zero-order chi connectivity index (χ0) is 13.1. The highest BCUT2D eigenvalue weighted by Crippen LogP contribution is 2.43. The van der Waals surface area contributed by atoms with Gasteiger partial charge in [0.25, 0.3) is 0 Å². The molecular formula is C12H16FNO4. The monoisotopic (exact) mass is 257 g/mol. The van der Waals surface area contributed by atoms with Crippen LogP contribution in [0.2, 0.25) is 0 Å². The van der Waals surface area contributed by atoms with Crippen LogP contribution in [-0.2, 0) is 0 Å². The molecule has 1 unspecified atom stereocenters. The summed E-state index contributed by atoms with van der Waals surface area (Å²) >= 11 is 0. The van der Waals surface area contributed by atoms with Gasteiger partial charge in [0.05, 0.1) is 38.5 Å². The Morgan fingerprint density at radius 2 is 2.22 bits per heavy atom. The molecule has 1 aliphatic rings. The highest BCUT2D eigenvalue weighted by atomic mass is 19.1. The Kier molecular flexibility index (Phi) is 3.88. The van der Waals surface area contributed by atoms with Gasteiger partial charge in [0.15, 0.2) is 23.1 Å². The van der Waals surface area contributed by atoms with E-state index in [9.17, 15) is 9.50 Å². The molecule has 0 aromatic heterocycles. The Bertz CT molecular complexity index is 439. The number of rotatable bonds is 3. The number of halogens is 1. The summed E-state index contributed by atoms with van der Waals surface area (Å²) in [6, 6.07) is 0.429. The van der Waals surface area contributed by atoms with E-state index < -0.39 is 11.9 Å². The van der Waals surface area contributed by atoms with Crippen molar-refractivity contribution in [1.82, 2.24) is 0 Å². The Balaban J connectivity index is 2.60. The first-order valence-corrected chi connectivity index (χ1v) is 5.71. The minimum absolute atomic E-state index is 0.0131. The minimum Gasteiger partial charge on any atom is -0.493 e. The van der Waals surface area contributed by atoms with Crippen molar-refractivity contribution in [2.24, 2.45) is 5.73 Å². The van der Waals surface area contributed by atoms with E-state index in [0.717, 1.165) is 0 Å². The lowest BCUT2D eigenvalue weighted by Gasteiger charge is -2.20. The van der Waals surface area contributed by atoms with Crippen LogP contribution in [0.3, 0.4) is 0 Å². The normalized spacial score (nSPS) is 16.0. The van der Waals surface area contributed by atoms with Gasteiger partial charge in [-0.15, -0.1) is 0 Å². The van der Waals surface area contributed by atoms with Crippen LogP contribution in [0.25, 0.3) is 0 Å². The van der Waals surface area contributed by atoms with E-state index in [0.29, 0.717) is 36.7 Å². The largest absolute Gasteiger partial charge is 0.493 e. The standard InChI is InChI=1S/C12H16FNO4/c1-16-11-7(13)5-9-12(10(11)8(14)6-15)18-4-2-3-17-9/h5,8,15H,2-4,6,14H2,1H3. The molecule has 0 saturated heterocycles. The summed E-state index contributed by atoms with van der Waals surface area (Å²) in [5, 5.41) is 9.17. The highest BCUT2D eigenvalue weighted by molar-refractivity contribution is 5.56. The molecule has 100 valence electrons. The fourth-order valence-electron chi connectivity index (χ4n) is 1.92. The molecule has 1 aliphatic heterocycles. The number of fused-ring (bicyclic) bond motifs is 1. The number of ether oxygens (including phenoxy) is 3. The average Bonchev–Trinajstić information content (AvgIpc) is 2.61. The highest BCUT2D eigenvalue weighted by Gasteiger charge is 2.26. The van der Waals surface area contributed by atoms with Gasteiger partial charge in [0.1, 0.15) is 0 Å². The van der Waals surface area contributed by atoms with E-state index in [4.69, 9.17) is 19.9 Å². The van der Waals surface area contributed by atoms with Crippen molar-refractivity contribution in [3.05, 3.63) is 17.4 Å². The summed E-state index contributed by atoms with van der Waals surface area (Å²) in [4.78, 5) is 0. The van der Waals surface area contributed by atoms with Gasteiger partial charge in [-0.1, -0.05) is 0 Å². The maximum Gasteiger partial charge on any atom is 0.169 e. The molecule has 0 fully saturated rings. The zero-order valence-electron chi connectivity index (χ0n) is 10.1. The number of methoxy groups -OCH3 is 1. The predicted octanol–water partition coefficient (Wildman–Crippen LogP) is 0.988. The summed E-state index contributed by atoms with van der Waals surface area (Å²) in [5.74, 6) is 0.0541. The molecule has 0 aliphatic carbocycles. The number of nitrogens with two attached hydrogens (primary N) is 1. The van der Waals surface area contributed by atoms with Crippen LogP contribution < -0.4 is 19.9 Å². The van der Waals surface area contributed by atoms with Crippen molar-refractivity contribution < 1.29 is 23.7 Å². The fourth-order valence-corrected chi connectivity index (χ4v) is 1.92. The number of aliphatic hydroxyl groups is 1. The molecule has 2 rings (SSSR count). The molecule has 6 heteroatoms. The molecule has 1 aromatic carbocycles. The van der Waals surface area contributed by atoms with Crippen LogP contribution in [0.5, 0.6) is 17.2 Å². The summed E-state index contributed by atoms with van der Waals surface area (Å²) in [5.41, 5.74) is 6.09. The summed E-state index contributed by atoms with van der Waals surface area (Å²) < 4.78 is 29.8. The van der Waals surface area contributed by atoms with Crippen LogP contribution in [0.4, 0.5) is 4.39 Å². The van der Waals surface area contributed by atoms with Gasteiger partial charge in [-0.25, -0.2) is 4.39 Å². The first-order chi connectivity index (χ1) is 8.69. The molecule has 5 nitrogen and oxygen atoms in total. The van der Waals surface area contributed by atoms with Gasteiger partial charge in [-0.05, 0) is 0 Å². The molecule has 0 bridgehead atoms. The average molecular weight is 257 g/mol.